The molecule has 4 aliphatic rings. The Morgan fingerprint density at radius 1 is 1.00 bits per heavy atom. The van der Waals surface area contributed by atoms with Crippen molar-refractivity contribution in [1.82, 2.24) is 20.4 Å². The predicted molar refractivity (Wildman–Crippen MR) is 123 cm³/mol. The van der Waals surface area contributed by atoms with E-state index in [9.17, 15) is 14.4 Å². The van der Waals surface area contributed by atoms with Gasteiger partial charge in [0.05, 0.1) is 0 Å². The number of fused-ring (bicyclic) bond motifs is 1. The summed E-state index contributed by atoms with van der Waals surface area (Å²) in [5.74, 6) is 0.867. The summed E-state index contributed by atoms with van der Waals surface area (Å²) in [7, 11) is 0. The average molecular weight is 455 g/mol. The molecule has 1 aromatic carbocycles. The molecular formula is C25H34N4O4. The van der Waals surface area contributed by atoms with Crippen LogP contribution in [0.3, 0.4) is 0 Å². The van der Waals surface area contributed by atoms with E-state index < -0.39 is 6.04 Å². The molecule has 5 rings (SSSR count). The molecule has 4 heterocycles. The number of nitrogens with one attached hydrogen (secondary N) is 2. The SMILES string of the molecule is O=C1CCC(N2Cc3cc(OC4CCN(CCC5CCNCC5)CC4)ccc3C2=O)C(=O)N1. The lowest BCUT2D eigenvalue weighted by atomic mass is 9.94. The molecule has 8 heteroatoms. The molecule has 178 valence electrons. The molecule has 4 aliphatic heterocycles. The molecule has 0 spiro atoms. The third kappa shape index (κ3) is 5.06. The number of imide groups is 1. The molecule has 33 heavy (non-hydrogen) atoms. The van der Waals surface area contributed by atoms with Crippen LogP contribution in [0.5, 0.6) is 5.75 Å². The molecule has 1 atom stereocenters. The molecule has 3 fully saturated rings. The highest BCUT2D eigenvalue weighted by Gasteiger charge is 2.39. The Morgan fingerprint density at radius 3 is 2.55 bits per heavy atom. The van der Waals surface area contributed by atoms with Crippen LogP contribution in [0.4, 0.5) is 0 Å². The highest BCUT2D eigenvalue weighted by molar-refractivity contribution is 6.05. The summed E-state index contributed by atoms with van der Waals surface area (Å²) in [4.78, 5) is 40.7. The molecule has 0 radical (unpaired) electrons. The van der Waals surface area contributed by atoms with Gasteiger partial charge in [0, 0.05) is 31.6 Å². The van der Waals surface area contributed by atoms with Crippen LogP contribution >= 0.6 is 0 Å². The van der Waals surface area contributed by atoms with Gasteiger partial charge in [-0.25, -0.2) is 0 Å². The minimum atomic E-state index is -0.582. The van der Waals surface area contributed by atoms with Crippen LogP contribution in [0.1, 0.15) is 60.9 Å². The fourth-order valence-electron chi connectivity index (χ4n) is 5.60. The summed E-state index contributed by atoms with van der Waals surface area (Å²) in [6.07, 6.45) is 6.79. The van der Waals surface area contributed by atoms with Gasteiger partial charge in [-0.1, -0.05) is 0 Å². The third-order valence-corrected chi connectivity index (χ3v) is 7.64. The summed E-state index contributed by atoms with van der Waals surface area (Å²) < 4.78 is 6.29. The Hall–Kier alpha value is -2.45. The molecule has 0 bridgehead atoms. The van der Waals surface area contributed by atoms with Crippen molar-refractivity contribution in [2.45, 2.75) is 63.6 Å². The van der Waals surface area contributed by atoms with Crippen molar-refractivity contribution in [3.8, 4) is 5.75 Å². The molecule has 2 N–H and O–H groups in total. The number of amides is 3. The van der Waals surface area contributed by atoms with Crippen LogP contribution in [0.15, 0.2) is 18.2 Å². The van der Waals surface area contributed by atoms with Gasteiger partial charge in [0.25, 0.3) is 5.91 Å². The maximum absolute atomic E-state index is 12.8. The fourth-order valence-corrected chi connectivity index (χ4v) is 5.60. The van der Waals surface area contributed by atoms with Crippen molar-refractivity contribution in [2.24, 2.45) is 5.92 Å². The zero-order valence-corrected chi connectivity index (χ0v) is 19.2. The quantitative estimate of drug-likeness (QED) is 0.636. The number of hydrogen-bond acceptors (Lipinski definition) is 6. The van der Waals surface area contributed by atoms with E-state index in [1.54, 1.807) is 4.90 Å². The van der Waals surface area contributed by atoms with E-state index in [0.717, 1.165) is 56.3 Å². The summed E-state index contributed by atoms with van der Waals surface area (Å²) in [5.41, 5.74) is 1.52. The first-order valence-electron chi connectivity index (χ1n) is 12.4. The van der Waals surface area contributed by atoms with Crippen LogP contribution in [0, 0.1) is 5.92 Å². The van der Waals surface area contributed by atoms with E-state index in [1.165, 1.54) is 25.8 Å². The standard InChI is InChI=1S/C25H34N4O4/c30-23-4-3-22(24(31)27-23)29-16-18-15-20(1-2-21(18)25(29)32)33-19-8-13-28(14-9-19)12-7-17-5-10-26-11-6-17/h1-2,15,17,19,22,26H,3-14,16H2,(H,27,30,31). The van der Waals surface area contributed by atoms with Gasteiger partial charge >= 0.3 is 0 Å². The first kappa shape index (κ1) is 22.3. The highest BCUT2D eigenvalue weighted by atomic mass is 16.5. The minimum Gasteiger partial charge on any atom is -0.490 e. The zero-order valence-electron chi connectivity index (χ0n) is 19.2. The molecule has 3 amide bonds. The normalized spacial score (nSPS) is 25.3. The molecule has 0 aliphatic carbocycles. The maximum atomic E-state index is 12.8. The van der Waals surface area contributed by atoms with Gasteiger partial charge in [0.2, 0.25) is 11.8 Å². The van der Waals surface area contributed by atoms with Crippen molar-refractivity contribution in [2.75, 3.05) is 32.7 Å². The van der Waals surface area contributed by atoms with Crippen molar-refractivity contribution >= 4 is 17.7 Å². The number of nitrogens with zero attached hydrogens (tertiary/aromatic N) is 2. The minimum absolute atomic E-state index is 0.145. The maximum Gasteiger partial charge on any atom is 0.255 e. The zero-order chi connectivity index (χ0) is 22.8. The van der Waals surface area contributed by atoms with Crippen molar-refractivity contribution in [3.05, 3.63) is 29.3 Å². The lowest BCUT2D eigenvalue weighted by Crippen LogP contribution is -2.52. The van der Waals surface area contributed by atoms with Gasteiger partial charge in [-0.15, -0.1) is 0 Å². The Kier molecular flexibility index (Phi) is 6.64. The Balaban J connectivity index is 1.12. The van der Waals surface area contributed by atoms with Gasteiger partial charge in [0.1, 0.15) is 17.9 Å². The van der Waals surface area contributed by atoms with E-state index >= 15 is 0 Å². The van der Waals surface area contributed by atoms with E-state index in [0.29, 0.717) is 18.5 Å². The van der Waals surface area contributed by atoms with E-state index in [4.69, 9.17) is 4.74 Å². The van der Waals surface area contributed by atoms with Gasteiger partial charge in [-0.05, 0) is 87.8 Å². The second kappa shape index (κ2) is 9.81. The van der Waals surface area contributed by atoms with Crippen LogP contribution in [0.2, 0.25) is 0 Å². The molecule has 0 aromatic heterocycles. The first-order chi connectivity index (χ1) is 16.1. The smallest absolute Gasteiger partial charge is 0.255 e. The number of carbonyl (C=O) groups is 3. The molecule has 0 saturated carbocycles. The summed E-state index contributed by atoms with van der Waals surface area (Å²) >= 11 is 0. The van der Waals surface area contributed by atoms with E-state index in [2.05, 4.69) is 15.5 Å². The van der Waals surface area contributed by atoms with E-state index in [-0.39, 0.29) is 30.2 Å². The van der Waals surface area contributed by atoms with Gasteiger partial charge in [-0.2, -0.15) is 0 Å². The molecule has 1 unspecified atom stereocenters. The largest absolute Gasteiger partial charge is 0.490 e. The number of likely N-dealkylation sites (tertiary alicyclic amines) is 1. The lowest BCUT2D eigenvalue weighted by Gasteiger charge is -2.33. The third-order valence-electron chi connectivity index (χ3n) is 7.64. The Bertz CT molecular complexity index is 906. The summed E-state index contributed by atoms with van der Waals surface area (Å²) in [6.45, 7) is 6.04. The predicted octanol–water partition coefficient (Wildman–Crippen LogP) is 1.68. The van der Waals surface area contributed by atoms with Crippen molar-refractivity contribution in [3.63, 3.8) is 0 Å². The topological polar surface area (TPSA) is 91.0 Å². The van der Waals surface area contributed by atoms with Crippen LogP contribution in [-0.2, 0) is 16.1 Å². The number of carbonyl (C=O) groups excluding carboxylic acids is 3. The van der Waals surface area contributed by atoms with Crippen LogP contribution < -0.4 is 15.4 Å². The van der Waals surface area contributed by atoms with Gasteiger partial charge in [-0.3, -0.25) is 19.7 Å². The molecular weight excluding hydrogens is 420 g/mol. The van der Waals surface area contributed by atoms with Crippen molar-refractivity contribution < 1.29 is 19.1 Å². The number of benzene rings is 1. The molecule has 3 saturated heterocycles. The van der Waals surface area contributed by atoms with Gasteiger partial charge < -0.3 is 19.9 Å². The Labute approximate surface area is 195 Å². The van der Waals surface area contributed by atoms with Crippen molar-refractivity contribution in [1.29, 1.82) is 0 Å². The Morgan fingerprint density at radius 2 is 1.79 bits per heavy atom. The lowest BCUT2D eigenvalue weighted by molar-refractivity contribution is -0.136. The molecule has 8 nitrogen and oxygen atoms in total. The number of piperidine rings is 3. The summed E-state index contributed by atoms with van der Waals surface area (Å²) in [5, 5.41) is 5.79. The second-order valence-electron chi connectivity index (χ2n) is 9.86. The first-order valence-corrected chi connectivity index (χ1v) is 12.4. The van der Waals surface area contributed by atoms with E-state index in [1.807, 2.05) is 18.2 Å². The number of ether oxygens (including phenoxy) is 1. The summed E-state index contributed by atoms with van der Waals surface area (Å²) in [6, 6.07) is 5.05. The second-order valence-corrected chi connectivity index (χ2v) is 9.86. The van der Waals surface area contributed by atoms with Gasteiger partial charge in [0.15, 0.2) is 0 Å². The monoisotopic (exact) mass is 454 g/mol. The van der Waals surface area contributed by atoms with Crippen LogP contribution in [0.25, 0.3) is 0 Å². The highest BCUT2D eigenvalue weighted by Crippen LogP contribution is 2.31. The number of rotatable bonds is 6. The van der Waals surface area contributed by atoms with Crippen LogP contribution in [-0.4, -0.2) is 72.4 Å². The fraction of sp³-hybridized carbons (Fsp3) is 0.640. The average Bonchev–Trinajstić information content (AvgIpc) is 3.15. The number of hydrogen-bond donors (Lipinski definition) is 2. The molecule has 1 aromatic rings.